The van der Waals surface area contributed by atoms with Crippen molar-refractivity contribution < 1.29 is 14.3 Å². The zero-order valence-corrected chi connectivity index (χ0v) is 11.5. The van der Waals surface area contributed by atoms with Crippen LogP contribution in [0.3, 0.4) is 0 Å². The maximum absolute atomic E-state index is 11.2. The Hall–Kier alpha value is -0.650. The molecule has 102 valence electrons. The van der Waals surface area contributed by atoms with E-state index in [2.05, 4.69) is 10.6 Å². The topological polar surface area (TPSA) is 59.6 Å². The lowest BCUT2D eigenvalue weighted by atomic mass is 10.3. The molecule has 0 aliphatic rings. The van der Waals surface area contributed by atoms with Crippen LogP contribution in [-0.4, -0.2) is 45.0 Å². The van der Waals surface area contributed by atoms with Crippen molar-refractivity contribution in [1.29, 1.82) is 0 Å². The summed E-state index contributed by atoms with van der Waals surface area (Å²) in [6, 6.07) is 0. The van der Waals surface area contributed by atoms with Crippen molar-refractivity contribution in [3.63, 3.8) is 0 Å². The highest BCUT2D eigenvalue weighted by atomic mass is 16.7. The summed E-state index contributed by atoms with van der Waals surface area (Å²) < 4.78 is 11.1. The Kier molecular flexibility index (Phi) is 9.03. The largest absolute Gasteiger partial charge is 0.354 e. The lowest BCUT2D eigenvalue weighted by Gasteiger charge is -2.25. The maximum atomic E-state index is 11.2. The van der Waals surface area contributed by atoms with Gasteiger partial charge in [-0.3, -0.25) is 4.79 Å². The second-order valence-electron chi connectivity index (χ2n) is 4.30. The Balaban J connectivity index is 3.54. The summed E-state index contributed by atoms with van der Waals surface area (Å²) in [7, 11) is 1.88. The van der Waals surface area contributed by atoms with Crippen LogP contribution in [-0.2, 0) is 14.3 Å². The summed E-state index contributed by atoms with van der Waals surface area (Å²) in [6.45, 7) is 8.10. The number of carbonyl (C=O) groups is 1. The zero-order chi connectivity index (χ0) is 13.1. The van der Waals surface area contributed by atoms with E-state index >= 15 is 0 Å². The van der Waals surface area contributed by atoms with Crippen LogP contribution in [0.2, 0.25) is 0 Å². The molecule has 0 atom stereocenters. The zero-order valence-electron chi connectivity index (χ0n) is 11.5. The molecule has 1 amide bonds. The first kappa shape index (κ1) is 16.4. The number of carbonyl (C=O) groups excluding carboxylic acids is 1. The summed E-state index contributed by atoms with van der Waals surface area (Å²) in [5.41, 5.74) is 0. The molecular formula is C12H26N2O3. The number of hydrogen-bond donors (Lipinski definition) is 2. The molecule has 5 nitrogen and oxygen atoms in total. The smallest absolute Gasteiger partial charge is 0.220 e. The van der Waals surface area contributed by atoms with Crippen molar-refractivity contribution in [2.45, 2.75) is 39.4 Å². The maximum Gasteiger partial charge on any atom is 0.220 e. The molecule has 0 aliphatic heterocycles. The monoisotopic (exact) mass is 246 g/mol. The number of likely N-dealkylation sites (N-methyl/N-ethyl adjacent to an activating group) is 1. The van der Waals surface area contributed by atoms with Crippen molar-refractivity contribution in [3.05, 3.63) is 0 Å². The highest BCUT2D eigenvalue weighted by Gasteiger charge is 2.18. The number of hydrogen-bond acceptors (Lipinski definition) is 4. The molecule has 2 N–H and O–H groups in total. The highest BCUT2D eigenvalue weighted by molar-refractivity contribution is 5.75. The van der Waals surface area contributed by atoms with E-state index in [0.29, 0.717) is 26.2 Å². The fourth-order valence-electron chi connectivity index (χ4n) is 1.24. The average molecular weight is 246 g/mol. The molecule has 0 spiro atoms. The van der Waals surface area contributed by atoms with E-state index in [4.69, 9.17) is 9.47 Å². The van der Waals surface area contributed by atoms with E-state index in [9.17, 15) is 4.79 Å². The fraction of sp³-hybridized carbons (Fsp3) is 0.917. The summed E-state index contributed by atoms with van der Waals surface area (Å²) in [5.74, 6) is -0.531. The standard InChI is InChI=1S/C12H26N2O3/c1-5-6-11(15)14-8-10-17-12(2,3)16-9-7-13-4/h13H,5-10H2,1-4H3,(H,14,15). The Morgan fingerprint density at radius 1 is 1.18 bits per heavy atom. The molecule has 17 heavy (non-hydrogen) atoms. The van der Waals surface area contributed by atoms with Gasteiger partial charge in [0.25, 0.3) is 0 Å². The van der Waals surface area contributed by atoms with Crippen LogP contribution in [0.4, 0.5) is 0 Å². The van der Waals surface area contributed by atoms with Crippen LogP contribution in [0.1, 0.15) is 33.6 Å². The molecule has 0 aromatic rings. The average Bonchev–Trinajstić information content (AvgIpc) is 2.25. The van der Waals surface area contributed by atoms with Crippen LogP contribution in [0.5, 0.6) is 0 Å². The van der Waals surface area contributed by atoms with Gasteiger partial charge in [-0.1, -0.05) is 6.92 Å². The van der Waals surface area contributed by atoms with Gasteiger partial charge >= 0.3 is 0 Å². The van der Waals surface area contributed by atoms with Gasteiger partial charge in [0.2, 0.25) is 5.91 Å². The van der Waals surface area contributed by atoms with Crippen LogP contribution < -0.4 is 10.6 Å². The van der Waals surface area contributed by atoms with Gasteiger partial charge < -0.3 is 20.1 Å². The molecule has 0 radical (unpaired) electrons. The number of amides is 1. The predicted molar refractivity (Wildman–Crippen MR) is 67.8 cm³/mol. The third-order valence-corrected chi connectivity index (χ3v) is 2.15. The Morgan fingerprint density at radius 2 is 1.76 bits per heavy atom. The van der Waals surface area contributed by atoms with E-state index < -0.39 is 5.79 Å². The van der Waals surface area contributed by atoms with E-state index in [-0.39, 0.29) is 5.91 Å². The molecule has 0 fully saturated rings. The van der Waals surface area contributed by atoms with E-state index in [1.165, 1.54) is 0 Å². The van der Waals surface area contributed by atoms with Crippen LogP contribution in [0, 0.1) is 0 Å². The lowest BCUT2D eigenvalue weighted by Crippen LogP contribution is -2.35. The first-order valence-electron chi connectivity index (χ1n) is 6.21. The van der Waals surface area contributed by atoms with Gasteiger partial charge in [-0.25, -0.2) is 0 Å². The predicted octanol–water partition coefficient (Wildman–Crippen LogP) is 0.891. The van der Waals surface area contributed by atoms with Gasteiger partial charge in [-0.05, 0) is 27.3 Å². The van der Waals surface area contributed by atoms with Crippen molar-refractivity contribution in [2.24, 2.45) is 0 Å². The second-order valence-corrected chi connectivity index (χ2v) is 4.30. The molecule has 0 saturated heterocycles. The van der Waals surface area contributed by atoms with Crippen molar-refractivity contribution in [1.82, 2.24) is 10.6 Å². The first-order chi connectivity index (χ1) is 8.02. The Labute approximate surface area is 104 Å². The third-order valence-electron chi connectivity index (χ3n) is 2.15. The van der Waals surface area contributed by atoms with Gasteiger partial charge in [-0.2, -0.15) is 0 Å². The summed E-state index contributed by atoms with van der Waals surface area (Å²) in [5, 5.41) is 5.79. The number of rotatable bonds is 10. The molecule has 5 heteroatoms. The third kappa shape index (κ3) is 10.2. The van der Waals surface area contributed by atoms with Crippen LogP contribution >= 0.6 is 0 Å². The molecule has 0 heterocycles. The van der Waals surface area contributed by atoms with Gasteiger partial charge in [0.15, 0.2) is 5.79 Å². The lowest BCUT2D eigenvalue weighted by molar-refractivity contribution is -0.211. The fourth-order valence-corrected chi connectivity index (χ4v) is 1.24. The Bertz CT molecular complexity index is 208. The van der Waals surface area contributed by atoms with Gasteiger partial charge in [0.05, 0.1) is 13.2 Å². The van der Waals surface area contributed by atoms with E-state index in [1.807, 2.05) is 27.8 Å². The number of ether oxygens (including phenoxy) is 2. The molecule has 0 aromatic carbocycles. The molecular weight excluding hydrogens is 220 g/mol. The summed E-state index contributed by atoms with van der Waals surface area (Å²) in [4.78, 5) is 11.2. The highest BCUT2D eigenvalue weighted by Crippen LogP contribution is 2.09. The molecule has 0 aromatic heterocycles. The quantitative estimate of drug-likeness (QED) is 0.444. The molecule has 0 saturated carbocycles. The van der Waals surface area contributed by atoms with Crippen molar-refractivity contribution in [3.8, 4) is 0 Å². The second kappa shape index (κ2) is 9.39. The van der Waals surface area contributed by atoms with Gasteiger partial charge in [-0.15, -0.1) is 0 Å². The normalized spacial score (nSPS) is 11.5. The molecule has 0 unspecified atom stereocenters. The Morgan fingerprint density at radius 3 is 2.29 bits per heavy atom. The SMILES string of the molecule is CCCC(=O)NCCOC(C)(C)OCCNC. The first-order valence-corrected chi connectivity index (χ1v) is 6.21. The number of nitrogens with one attached hydrogen (secondary N) is 2. The van der Waals surface area contributed by atoms with E-state index in [1.54, 1.807) is 0 Å². The van der Waals surface area contributed by atoms with Gasteiger partial charge in [0.1, 0.15) is 0 Å². The minimum absolute atomic E-state index is 0.0741. The van der Waals surface area contributed by atoms with Crippen LogP contribution in [0.25, 0.3) is 0 Å². The minimum atomic E-state index is -0.605. The summed E-state index contributed by atoms with van der Waals surface area (Å²) in [6.07, 6.45) is 1.44. The van der Waals surface area contributed by atoms with Crippen molar-refractivity contribution >= 4 is 5.91 Å². The molecule has 0 bridgehead atoms. The van der Waals surface area contributed by atoms with Crippen molar-refractivity contribution in [2.75, 3.05) is 33.4 Å². The van der Waals surface area contributed by atoms with E-state index in [0.717, 1.165) is 13.0 Å². The summed E-state index contributed by atoms with van der Waals surface area (Å²) >= 11 is 0. The van der Waals surface area contributed by atoms with Gasteiger partial charge in [0, 0.05) is 19.5 Å². The molecule has 0 aliphatic carbocycles. The van der Waals surface area contributed by atoms with Crippen LogP contribution in [0.15, 0.2) is 0 Å². The minimum Gasteiger partial charge on any atom is -0.354 e. The molecule has 0 rings (SSSR count).